The lowest BCUT2D eigenvalue weighted by atomic mass is 10.0. The van der Waals surface area contributed by atoms with Crippen molar-refractivity contribution in [2.45, 2.75) is 25.4 Å². The van der Waals surface area contributed by atoms with Gasteiger partial charge in [0.05, 0.1) is 17.1 Å². The van der Waals surface area contributed by atoms with E-state index in [-0.39, 0.29) is 22.8 Å². The lowest BCUT2D eigenvalue weighted by Crippen LogP contribution is -2.44. The van der Waals surface area contributed by atoms with Crippen LogP contribution >= 0.6 is 11.7 Å². The Morgan fingerprint density at radius 1 is 1.09 bits per heavy atom. The number of hydrogen-bond donors (Lipinski definition) is 1. The quantitative estimate of drug-likeness (QED) is 0.506. The standard InChI is InChI=1S/C22H18F2N4O3S/c23-15-8-14-19(29)10-21(31-20(14)9-16(15)24)22(30)25-13-3-5-28(6-4-13)11-12-1-2-17-18(7-12)27-32-26-17/h1-2,7-10,13H,3-6,11H2,(H,25,30). The molecule has 0 spiro atoms. The second-order valence-corrected chi connectivity index (χ2v) is 8.38. The number of fused-ring (bicyclic) bond motifs is 2. The maximum absolute atomic E-state index is 13.5. The minimum absolute atomic E-state index is 0.0741. The lowest BCUT2D eigenvalue weighted by Gasteiger charge is -2.32. The number of hydrogen-bond acceptors (Lipinski definition) is 7. The van der Waals surface area contributed by atoms with E-state index in [9.17, 15) is 18.4 Å². The van der Waals surface area contributed by atoms with Crippen LogP contribution < -0.4 is 10.7 Å². The summed E-state index contributed by atoms with van der Waals surface area (Å²) in [6, 6.07) is 8.55. The van der Waals surface area contributed by atoms with E-state index in [0.29, 0.717) is 0 Å². The number of halogens is 2. The van der Waals surface area contributed by atoms with Crippen LogP contribution in [0.5, 0.6) is 0 Å². The molecule has 2 aromatic carbocycles. The van der Waals surface area contributed by atoms with Crippen molar-refractivity contribution in [3.05, 3.63) is 69.6 Å². The molecule has 5 rings (SSSR count). The van der Waals surface area contributed by atoms with Crippen molar-refractivity contribution >= 4 is 39.6 Å². The fourth-order valence-electron chi connectivity index (χ4n) is 3.94. The van der Waals surface area contributed by atoms with E-state index in [1.54, 1.807) is 0 Å². The highest BCUT2D eigenvalue weighted by atomic mass is 32.1. The Hall–Kier alpha value is -3.24. The highest BCUT2D eigenvalue weighted by molar-refractivity contribution is 7.00. The maximum Gasteiger partial charge on any atom is 0.287 e. The number of likely N-dealkylation sites (tertiary alicyclic amines) is 1. The number of amides is 1. The fourth-order valence-corrected chi connectivity index (χ4v) is 4.46. The van der Waals surface area contributed by atoms with E-state index >= 15 is 0 Å². The molecule has 0 aliphatic carbocycles. The van der Waals surface area contributed by atoms with Crippen molar-refractivity contribution in [3.63, 3.8) is 0 Å². The van der Waals surface area contributed by atoms with Crippen molar-refractivity contribution in [2.75, 3.05) is 13.1 Å². The van der Waals surface area contributed by atoms with Gasteiger partial charge in [-0.05, 0) is 36.6 Å². The molecule has 0 saturated carbocycles. The molecule has 4 aromatic rings. The summed E-state index contributed by atoms with van der Waals surface area (Å²) in [7, 11) is 0. The number of rotatable bonds is 4. The molecule has 0 radical (unpaired) electrons. The molecule has 0 atom stereocenters. The average Bonchev–Trinajstić information content (AvgIpc) is 3.24. The first-order valence-electron chi connectivity index (χ1n) is 10.1. The number of aromatic nitrogens is 2. The van der Waals surface area contributed by atoms with Crippen LogP contribution in [0.3, 0.4) is 0 Å². The Bertz CT molecular complexity index is 1380. The third-order valence-corrected chi connectivity index (χ3v) is 6.20. The van der Waals surface area contributed by atoms with E-state index in [1.165, 1.54) is 11.7 Å². The summed E-state index contributed by atoms with van der Waals surface area (Å²) in [6.45, 7) is 2.38. The number of benzene rings is 2. The molecule has 1 aliphatic heterocycles. The van der Waals surface area contributed by atoms with E-state index in [0.717, 1.165) is 67.3 Å². The second kappa shape index (κ2) is 8.36. The number of piperidine rings is 1. The predicted molar refractivity (Wildman–Crippen MR) is 116 cm³/mol. The normalized spacial score (nSPS) is 15.4. The topological polar surface area (TPSA) is 88.3 Å². The predicted octanol–water partition coefficient (Wildman–Crippen LogP) is 3.47. The smallest absolute Gasteiger partial charge is 0.287 e. The summed E-state index contributed by atoms with van der Waals surface area (Å²) in [5, 5.41) is 2.76. The van der Waals surface area contributed by atoms with E-state index in [2.05, 4.69) is 19.0 Å². The minimum atomic E-state index is -1.14. The summed E-state index contributed by atoms with van der Waals surface area (Å²) in [5.41, 5.74) is 2.19. The van der Waals surface area contributed by atoms with Crippen LogP contribution in [-0.2, 0) is 6.54 Å². The molecule has 1 fully saturated rings. The molecular weight excluding hydrogens is 438 g/mol. The van der Waals surface area contributed by atoms with E-state index < -0.39 is 23.0 Å². The van der Waals surface area contributed by atoms with Gasteiger partial charge in [-0.25, -0.2) is 8.78 Å². The summed E-state index contributed by atoms with van der Waals surface area (Å²) < 4.78 is 40.7. The van der Waals surface area contributed by atoms with Gasteiger partial charge in [0.25, 0.3) is 5.91 Å². The highest BCUT2D eigenvalue weighted by Gasteiger charge is 2.23. The molecule has 1 aliphatic rings. The maximum atomic E-state index is 13.5. The molecule has 3 heterocycles. The van der Waals surface area contributed by atoms with Crippen LogP contribution in [0.25, 0.3) is 22.0 Å². The molecule has 2 aromatic heterocycles. The van der Waals surface area contributed by atoms with Gasteiger partial charge in [-0.3, -0.25) is 14.5 Å². The van der Waals surface area contributed by atoms with Crippen molar-refractivity contribution in [1.82, 2.24) is 19.0 Å². The van der Waals surface area contributed by atoms with E-state index in [1.807, 2.05) is 18.2 Å². The monoisotopic (exact) mass is 456 g/mol. The average molecular weight is 456 g/mol. The highest BCUT2D eigenvalue weighted by Crippen LogP contribution is 2.20. The molecule has 1 saturated heterocycles. The lowest BCUT2D eigenvalue weighted by molar-refractivity contribution is 0.0881. The Morgan fingerprint density at radius 3 is 2.66 bits per heavy atom. The minimum Gasteiger partial charge on any atom is -0.451 e. The van der Waals surface area contributed by atoms with Gasteiger partial charge in [-0.1, -0.05) is 6.07 Å². The fraction of sp³-hybridized carbons (Fsp3) is 0.273. The van der Waals surface area contributed by atoms with Crippen molar-refractivity contribution in [3.8, 4) is 0 Å². The third kappa shape index (κ3) is 4.11. The van der Waals surface area contributed by atoms with Gasteiger partial charge in [-0.15, -0.1) is 0 Å². The molecule has 1 N–H and O–H groups in total. The van der Waals surface area contributed by atoms with Crippen molar-refractivity contribution in [1.29, 1.82) is 0 Å². The molecule has 164 valence electrons. The number of carbonyl (C=O) groups is 1. The number of carbonyl (C=O) groups excluding carboxylic acids is 1. The van der Waals surface area contributed by atoms with Crippen LogP contribution in [0.2, 0.25) is 0 Å². The van der Waals surface area contributed by atoms with Crippen LogP contribution in [0.4, 0.5) is 8.78 Å². The van der Waals surface area contributed by atoms with E-state index in [4.69, 9.17) is 4.42 Å². The Balaban J connectivity index is 1.21. The summed E-state index contributed by atoms with van der Waals surface area (Å²) in [6.07, 6.45) is 1.48. The molecule has 0 unspecified atom stereocenters. The molecule has 32 heavy (non-hydrogen) atoms. The van der Waals surface area contributed by atoms with Crippen LogP contribution in [0.1, 0.15) is 29.0 Å². The van der Waals surface area contributed by atoms with Crippen LogP contribution in [0.15, 0.2) is 45.6 Å². The molecular formula is C22H18F2N4O3S. The zero-order valence-corrected chi connectivity index (χ0v) is 17.6. The first kappa shape index (κ1) is 20.7. The Morgan fingerprint density at radius 2 is 1.84 bits per heavy atom. The van der Waals surface area contributed by atoms with Crippen LogP contribution in [-0.4, -0.2) is 38.7 Å². The summed E-state index contributed by atoms with van der Waals surface area (Å²) in [4.78, 5) is 27.1. The molecule has 10 heteroatoms. The van der Waals surface area contributed by atoms with Gasteiger partial charge in [-0.2, -0.15) is 8.75 Å². The van der Waals surface area contributed by atoms with Crippen molar-refractivity contribution < 1.29 is 18.0 Å². The summed E-state index contributed by atoms with van der Waals surface area (Å²) >= 11 is 1.20. The summed E-state index contributed by atoms with van der Waals surface area (Å²) in [5.74, 6) is -3.05. The van der Waals surface area contributed by atoms with Gasteiger partial charge in [0.15, 0.2) is 22.8 Å². The number of nitrogens with one attached hydrogen (secondary N) is 1. The van der Waals surface area contributed by atoms with Gasteiger partial charge in [0.2, 0.25) is 0 Å². The Labute approximate surface area is 185 Å². The zero-order valence-electron chi connectivity index (χ0n) is 16.8. The van der Waals surface area contributed by atoms with Gasteiger partial charge in [0.1, 0.15) is 16.6 Å². The first-order valence-corrected chi connectivity index (χ1v) is 10.9. The van der Waals surface area contributed by atoms with Crippen molar-refractivity contribution in [2.24, 2.45) is 0 Å². The Kier molecular flexibility index (Phi) is 5.40. The molecule has 7 nitrogen and oxygen atoms in total. The molecule has 0 bridgehead atoms. The third-order valence-electron chi connectivity index (χ3n) is 5.64. The first-order chi connectivity index (χ1) is 15.5. The zero-order chi connectivity index (χ0) is 22.2. The van der Waals surface area contributed by atoms with Crippen LogP contribution in [0, 0.1) is 11.6 Å². The second-order valence-electron chi connectivity index (χ2n) is 7.85. The SMILES string of the molecule is O=C(NC1CCN(Cc2ccc3nsnc3c2)CC1)c1cc(=O)c2cc(F)c(F)cc2o1. The molecule has 1 amide bonds. The largest absolute Gasteiger partial charge is 0.451 e. The number of nitrogens with zero attached hydrogens (tertiary/aromatic N) is 3. The van der Waals surface area contributed by atoms with Gasteiger partial charge >= 0.3 is 0 Å². The van der Waals surface area contributed by atoms with Gasteiger partial charge in [0, 0.05) is 37.8 Å². The van der Waals surface area contributed by atoms with Gasteiger partial charge < -0.3 is 9.73 Å².